The third-order valence-electron chi connectivity index (χ3n) is 4.41. The maximum absolute atomic E-state index is 12.5. The van der Waals surface area contributed by atoms with Crippen LogP contribution in [0.25, 0.3) is 0 Å². The summed E-state index contributed by atoms with van der Waals surface area (Å²) < 4.78 is 6.67. The summed E-state index contributed by atoms with van der Waals surface area (Å²) in [6.45, 7) is 1.82. The van der Waals surface area contributed by atoms with Gasteiger partial charge in [-0.3, -0.25) is 9.48 Å². The Bertz CT molecular complexity index is 1220. The van der Waals surface area contributed by atoms with Gasteiger partial charge in [-0.05, 0) is 43.3 Å². The summed E-state index contributed by atoms with van der Waals surface area (Å²) in [5, 5.41) is 13.3. The van der Waals surface area contributed by atoms with Crippen molar-refractivity contribution in [1.82, 2.24) is 24.7 Å². The first-order valence-electron chi connectivity index (χ1n) is 9.80. The molecule has 10 heteroatoms. The molecule has 0 saturated heterocycles. The van der Waals surface area contributed by atoms with Gasteiger partial charge in [0.15, 0.2) is 0 Å². The lowest BCUT2D eigenvalue weighted by Crippen LogP contribution is -2.12. The highest BCUT2D eigenvalue weighted by atomic mass is 16.5. The molecule has 3 N–H and O–H groups in total. The SMILES string of the molecule is COc1nn(C)cc1C(=O)Nc1ccc(Nc2cc(Nc3ccccn3)nc(C)n2)cc1. The van der Waals surface area contributed by atoms with Crippen LogP contribution in [-0.2, 0) is 7.05 Å². The number of aryl methyl sites for hydroxylation is 2. The molecule has 10 nitrogen and oxygen atoms in total. The van der Waals surface area contributed by atoms with Crippen LogP contribution in [0.1, 0.15) is 16.2 Å². The van der Waals surface area contributed by atoms with E-state index in [9.17, 15) is 4.79 Å². The van der Waals surface area contributed by atoms with Crippen LogP contribution in [0.2, 0.25) is 0 Å². The second-order valence-corrected chi connectivity index (χ2v) is 6.91. The summed E-state index contributed by atoms with van der Waals surface area (Å²) >= 11 is 0. The molecule has 4 rings (SSSR count). The van der Waals surface area contributed by atoms with Gasteiger partial charge in [-0.1, -0.05) is 6.07 Å². The third kappa shape index (κ3) is 4.98. The number of nitrogens with zero attached hydrogens (tertiary/aromatic N) is 5. The molecular weight excluding hydrogens is 408 g/mol. The van der Waals surface area contributed by atoms with Crippen LogP contribution >= 0.6 is 0 Å². The Labute approximate surface area is 184 Å². The fourth-order valence-corrected chi connectivity index (χ4v) is 3.02. The Morgan fingerprint density at radius 2 is 1.69 bits per heavy atom. The first-order chi connectivity index (χ1) is 15.5. The Balaban J connectivity index is 1.44. The topological polar surface area (TPSA) is 119 Å². The molecule has 0 atom stereocenters. The van der Waals surface area contributed by atoms with Gasteiger partial charge in [0.1, 0.15) is 28.8 Å². The lowest BCUT2D eigenvalue weighted by atomic mass is 10.2. The van der Waals surface area contributed by atoms with Crippen molar-refractivity contribution in [2.75, 3.05) is 23.1 Å². The smallest absolute Gasteiger partial charge is 0.262 e. The standard InChI is InChI=1S/C22H22N8O2/c1-14-24-19(12-20(25-14)28-18-6-4-5-11-23-18)26-15-7-9-16(10-8-15)27-21(31)17-13-30(2)29-22(17)32-3/h4-13H,1-3H3,(H,27,31)(H2,23,24,25,26,28). The molecule has 0 saturated carbocycles. The van der Waals surface area contributed by atoms with Crippen LogP contribution in [-0.4, -0.2) is 37.7 Å². The molecule has 32 heavy (non-hydrogen) atoms. The lowest BCUT2D eigenvalue weighted by Gasteiger charge is -2.11. The largest absolute Gasteiger partial charge is 0.479 e. The van der Waals surface area contributed by atoms with Crippen LogP contribution < -0.4 is 20.7 Å². The van der Waals surface area contributed by atoms with Crippen LogP contribution in [0.4, 0.5) is 28.8 Å². The molecule has 0 aliphatic carbocycles. The molecule has 0 unspecified atom stereocenters. The van der Waals surface area contributed by atoms with E-state index >= 15 is 0 Å². The molecule has 0 spiro atoms. The first-order valence-corrected chi connectivity index (χ1v) is 9.80. The molecule has 1 aromatic carbocycles. The number of rotatable bonds is 7. The molecule has 3 aromatic heterocycles. The van der Waals surface area contributed by atoms with Crippen molar-refractivity contribution in [2.24, 2.45) is 7.05 Å². The van der Waals surface area contributed by atoms with Crippen molar-refractivity contribution in [1.29, 1.82) is 0 Å². The first kappa shape index (κ1) is 20.8. The number of aromatic nitrogens is 5. The summed E-state index contributed by atoms with van der Waals surface area (Å²) in [5.41, 5.74) is 1.81. The predicted molar refractivity (Wildman–Crippen MR) is 122 cm³/mol. The number of ether oxygens (including phenoxy) is 1. The minimum atomic E-state index is -0.299. The van der Waals surface area contributed by atoms with Crippen molar-refractivity contribution in [3.63, 3.8) is 0 Å². The van der Waals surface area contributed by atoms with Gasteiger partial charge < -0.3 is 20.7 Å². The van der Waals surface area contributed by atoms with E-state index in [1.165, 1.54) is 11.8 Å². The molecular formula is C22H22N8O2. The highest BCUT2D eigenvalue weighted by molar-refractivity contribution is 6.05. The summed E-state index contributed by atoms with van der Waals surface area (Å²) in [6, 6.07) is 14.7. The number of hydrogen-bond acceptors (Lipinski definition) is 8. The Morgan fingerprint density at radius 1 is 0.969 bits per heavy atom. The monoisotopic (exact) mass is 430 g/mol. The van der Waals surface area contributed by atoms with Crippen molar-refractivity contribution in [2.45, 2.75) is 6.92 Å². The van der Waals surface area contributed by atoms with Gasteiger partial charge in [-0.2, -0.15) is 0 Å². The molecule has 4 aromatic rings. The zero-order valence-electron chi connectivity index (χ0n) is 17.8. The number of carbonyl (C=O) groups is 1. The minimum Gasteiger partial charge on any atom is -0.479 e. The van der Waals surface area contributed by atoms with E-state index in [0.717, 1.165) is 5.69 Å². The fraction of sp³-hybridized carbons (Fsp3) is 0.136. The van der Waals surface area contributed by atoms with E-state index in [2.05, 4.69) is 36.0 Å². The van der Waals surface area contributed by atoms with Gasteiger partial charge in [0.2, 0.25) is 5.88 Å². The van der Waals surface area contributed by atoms with E-state index in [1.807, 2.05) is 37.3 Å². The fourth-order valence-electron chi connectivity index (χ4n) is 3.02. The highest BCUT2D eigenvalue weighted by Crippen LogP contribution is 2.22. The maximum Gasteiger partial charge on any atom is 0.262 e. The van der Waals surface area contributed by atoms with Crippen LogP contribution in [0.15, 0.2) is 60.9 Å². The predicted octanol–water partition coefficient (Wildman–Crippen LogP) is 3.66. The van der Waals surface area contributed by atoms with Crippen LogP contribution in [0.5, 0.6) is 5.88 Å². The third-order valence-corrected chi connectivity index (χ3v) is 4.41. The van der Waals surface area contributed by atoms with E-state index < -0.39 is 0 Å². The molecule has 162 valence electrons. The van der Waals surface area contributed by atoms with Crippen molar-refractivity contribution < 1.29 is 9.53 Å². The number of hydrogen-bond donors (Lipinski definition) is 3. The maximum atomic E-state index is 12.5. The average Bonchev–Trinajstić information content (AvgIpc) is 3.16. The van der Waals surface area contributed by atoms with Crippen molar-refractivity contribution >= 4 is 34.7 Å². The highest BCUT2D eigenvalue weighted by Gasteiger charge is 2.16. The van der Waals surface area contributed by atoms with Gasteiger partial charge in [0.25, 0.3) is 5.91 Å². The quantitative estimate of drug-likeness (QED) is 0.406. The summed E-state index contributed by atoms with van der Waals surface area (Å²) in [7, 11) is 3.21. The normalized spacial score (nSPS) is 10.5. The molecule has 1 amide bonds. The number of benzene rings is 1. The van der Waals surface area contributed by atoms with E-state index in [4.69, 9.17) is 4.74 Å². The second kappa shape index (κ2) is 9.13. The van der Waals surface area contributed by atoms with Crippen LogP contribution in [0.3, 0.4) is 0 Å². The molecule has 3 heterocycles. The summed E-state index contributed by atoms with van der Waals surface area (Å²) in [5.74, 6) is 2.55. The lowest BCUT2D eigenvalue weighted by molar-refractivity contribution is 0.102. The van der Waals surface area contributed by atoms with Crippen molar-refractivity contribution in [3.8, 4) is 5.88 Å². The van der Waals surface area contributed by atoms with Gasteiger partial charge in [0, 0.05) is 36.9 Å². The number of anilines is 5. The molecule has 0 fully saturated rings. The number of carbonyl (C=O) groups excluding carboxylic acids is 1. The molecule has 0 bridgehead atoms. The van der Waals surface area contributed by atoms with E-state index in [1.54, 1.807) is 37.6 Å². The summed E-state index contributed by atoms with van der Waals surface area (Å²) in [6.07, 6.45) is 3.32. The number of amides is 1. The molecule has 0 radical (unpaired) electrons. The van der Waals surface area contributed by atoms with Crippen LogP contribution in [0, 0.1) is 6.92 Å². The average molecular weight is 430 g/mol. The Morgan fingerprint density at radius 3 is 2.38 bits per heavy atom. The molecule has 0 aliphatic rings. The second-order valence-electron chi connectivity index (χ2n) is 6.91. The van der Waals surface area contributed by atoms with Gasteiger partial charge in [0.05, 0.1) is 7.11 Å². The van der Waals surface area contributed by atoms with E-state index in [0.29, 0.717) is 34.5 Å². The van der Waals surface area contributed by atoms with Crippen molar-refractivity contribution in [3.05, 3.63) is 72.3 Å². The van der Waals surface area contributed by atoms with E-state index in [-0.39, 0.29) is 11.8 Å². The zero-order valence-corrected chi connectivity index (χ0v) is 17.8. The number of nitrogens with one attached hydrogen (secondary N) is 3. The van der Waals surface area contributed by atoms with Gasteiger partial charge in [-0.15, -0.1) is 5.10 Å². The Hall–Kier alpha value is -4.47. The summed E-state index contributed by atoms with van der Waals surface area (Å²) in [4.78, 5) is 25.6. The van der Waals surface area contributed by atoms with Gasteiger partial charge >= 0.3 is 0 Å². The van der Waals surface area contributed by atoms with Gasteiger partial charge in [-0.25, -0.2) is 15.0 Å². The number of pyridine rings is 1. The minimum absolute atomic E-state index is 0.275. The molecule has 0 aliphatic heterocycles. The Kier molecular flexibility index (Phi) is 5.93. The zero-order chi connectivity index (χ0) is 22.5. The number of methoxy groups -OCH3 is 1.